The molecule has 2 atom stereocenters. The smallest absolute Gasteiger partial charge is 0.261 e. The predicted molar refractivity (Wildman–Crippen MR) is 126 cm³/mol. The zero-order chi connectivity index (χ0) is 23.0. The van der Waals surface area contributed by atoms with Gasteiger partial charge in [-0.25, -0.2) is 0 Å². The number of rotatable bonds is 10. The Morgan fingerprint density at radius 1 is 1.03 bits per heavy atom. The van der Waals surface area contributed by atoms with Crippen LogP contribution in [0.5, 0.6) is 5.75 Å². The molecule has 2 aromatic rings. The van der Waals surface area contributed by atoms with Crippen molar-refractivity contribution in [3.05, 3.63) is 63.6 Å². The van der Waals surface area contributed by atoms with Crippen molar-refractivity contribution in [2.24, 2.45) is 0 Å². The Balaban J connectivity index is 2.27. The van der Waals surface area contributed by atoms with Crippen molar-refractivity contribution < 1.29 is 14.3 Å². The summed E-state index contributed by atoms with van der Waals surface area (Å²) in [6.45, 7) is 7.69. The second kappa shape index (κ2) is 12.0. The predicted octanol–water partition coefficient (Wildman–Crippen LogP) is 5.40. The van der Waals surface area contributed by atoms with Crippen LogP contribution in [-0.2, 0) is 16.1 Å². The number of carbonyl (C=O) groups excluding carboxylic acids is 2. The molecule has 2 amide bonds. The average Bonchev–Trinajstić information content (AvgIpc) is 2.74. The number of hydrogen-bond donors (Lipinski definition) is 1. The first kappa shape index (κ1) is 25.0. The standard InChI is InChI=1S/C24H30Cl2N2O3/c1-5-17(4)27-24(30)22(6-2)28(14-19-20(25)8-7-9-21(19)26)23(29)15-31-18-12-10-16(3)11-13-18/h7-13,17,22H,5-6,14-15H2,1-4H3,(H,27,30)/t17-,22-/m1/s1. The van der Waals surface area contributed by atoms with Gasteiger partial charge in [0.1, 0.15) is 11.8 Å². The van der Waals surface area contributed by atoms with E-state index in [-0.39, 0.29) is 31.0 Å². The first-order chi connectivity index (χ1) is 14.8. The molecule has 0 bridgehead atoms. The third-order valence-corrected chi connectivity index (χ3v) is 5.87. The number of amides is 2. The fraction of sp³-hybridized carbons (Fsp3) is 0.417. The normalized spacial score (nSPS) is 12.7. The second-order valence-corrected chi connectivity index (χ2v) is 8.38. The minimum atomic E-state index is -0.671. The first-order valence-corrected chi connectivity index (χ1v) is 11.2. The van der Waals surface area contributed by atoms with E-state index in [4.69, 9.17) is 27.9 Å². The van der Waals surface area contributed by atoms with Crippen LogP contribution in [0.4, 0.5) is 0 Å². The van der Waals surface area contributed by atoms with Crippen LogP contribution in [0.1, 0.15) is 44.7 Å². The molecule has 31 heavy (non-hydrogen) atoms. The van der Waals surface area contributed by atoms with E-state index < -0.39 is 6.04 Å². The van der Waals surface area contributed by atoms with Crippen molar-refractivity contribution in [3.8, 4) is 5.75 Å². The van der Waals surface area contributed by atoms with Gasteiger partial charge in [0, 0.05) is 28.2 Å². The van der Waals surface area contributed by atoms with E-state index in [1.54, 1.807) is 18.2 Å². The Bertz CT molecular complexity index is 867. The van der Waals surface area contributed by atoms with Crippen LogP contribution in [0, 0.1) is 6.92 Å². The minimum absolute atomic E-state index is 0.00575. The van der Waals surface area contributed by atoms with Gasteiger partial charge in [0.2, 0.25) is 5.91 Å². The lowest BCUT2D eigenvalue weighted by molar-refractivity contribution is -0.143. The molecule has 2 aromatic carbocycles. The third kappa shape index (κ3) is 7.15. The second-order valence-electron chi connectivity index (χ2n) is 7.57. The van der Waals surface area contributed by atoms with Crippen molar-refractivity contribution in [3.63, 3.8) is 0 Å². The highest BCUT2D eigenvalue weighted by Gasteiger charge is 2.30. The van der Waals surface area contributed by atoms with Crippen molar-refractivity contribution in [1.29, 1.82) is 0 Å². The van der Waals surface area contributed by atoms with Gasteiger partial charge >= 0.3 is 0 Å². The fourth-order valence-electron chi connectivity index (χ4n) is 3.08. The largest absolute Gasteiger partial charge is 0.484 e. The van der Waals surface area contributed by atoms with E-state index in [1.165, 1.54) is 4.90 Å². The van der Waals surface area contributed by atoms with Gasteiger partial charge in [0.25, 0.3) is 5.91 Å². The molecule has 0 radical (unpaired) electrons. The molecule has 0 aromatic heterocycles. The fourth-order valence-corrected chi connectivity index (χ4v) is 3.59. The summed E-state index contributed by atoms with van der Waals surface area (Å²) < 4.78 is 5.69. The number of carbonyl (C=O) groups is 2. The molecule has 0 aliphatic rings. The molecule has 0 unspecified atom stereocenters. The SMILES string of the molecule is CC[C@@H](C)NC(=O)[C@@H](CC)N(Cc1c(Cl)cccc1Cl)C(=O)COc1ccc(C)cc1. The number of nitrogens with one attached hydrogen (secondary N) is 1. The summed E-state index contributed by atoms with van der Waals surface area (Å²) in [6.07, 6.45) is 1.24. The van der Waals surface area contributed by atoms with Crippen LogP contribution in [0.2, 0.25) is 10.0 Å². The summed E-state index contributed by atoms with van der Waals surface area (Å²) in [5.41, 5.74) is 1.70. The maximum absolute atomic E-state index is 13.2. The number of aryl methyl sites for hydroxylation is 1. The van der Waals surface area contributed by atoms with Crippen molar-refractivity contribution in [1.82, 2.24) is 10.2 Å². The molecule has 5 nitrogen and oxygen atoms in total. The first-order valence-electron chi connectivity index (χ1n) is 10.5. The number of halogens is 2. The monoisotopic (exact) mass is 464 g/mol. The molecule has 0 aliphatic heterocycles. The van der Waals surface area contributed by atoms with E-state index in [0.717, 1.165) is 12.0 Å². The number of nitrogens with zero attached hydrogens (tertiary/aromatic N) is 1. The summed E-state index contributed by atoms with van der Waals surface area (Å²) in [6, 6.07) is 12.0. The molecule has 2 rings (SSSR count). The third-order valence-electron chi connectivity index (χ3n) is 5.16. The Morgan fingerprint density at radius 2 is 1.65 bits per heavy atom. The van der Waals surface area contributed by atoms with Gasteiger partial charge in [-0.2, -0.15) is 0 Å². The van der Waals surface area contributed by atoms with Gasteiger partial charge in [0.05, 0.1) is 0 Å². The molecule has 0 fully saturated rings. The zero-order valence-electron chi connectivity index (χ0n) is 18.5. The van der Waals surface area contributed by atoms with Gasteiger partial charge in [-0.3, -0.25) is 9.59 Å². The molecule has 0 saturated heterocycles. The highest BCUT2D eigenvalue weighted by Crippen LogP contribution is 2.27. The molecule has 168 valence electrons. The van der Waals surface area contributed by atoms with Gasteiger partial charge in [-0.15, -0.1) is 0 Å². The van der Waals surface area contributed by atoms with Crippen molar-refractivity contribution >= 4 is 35.0 Å². The molecule has 0 saturated carbocycles. The van der Waals surface area contributed by atoms with E-state index >= 15 is 0 Å². The maximum atomic E-state index is 13.2. The van der Waals surface area contributed by atoms with E-state index in [1.807, 2.05) is 52.0 Å². The Hall–Kier alpha value is -2.24. The van der Waals surface area contributed by atoms with Gasteiger partial charge in [-0.05, 0) is 51.0 Å². The quantitative estimate of drug-likeness (QED) is 0.511. The van der Waals surface area contributed by atoms with Gasteiger partial charge in [0.15, 0.2) is 6.61 Å². The lowest BCUT2D eigenvalue weighted by Crippen LogP contribution is -2.51. The Morgan fingerprint density at radius 3 is 2.19 bits per heavy atom. The lowest BCUT2D eigenvalue weighted by atomic mass is 10.1. The van der Waals surface area contributed by atoms with Crippen molar-refractivity contribution in [2.75, 3.05) is 6.61 Å². The van der Waals surface area contributed by atoms with Gasteiger partial charge < -0.3 is 15.0 Å². The highest BCUT2D eigenvalue weighted by atomic mass is 35.5. The molecule has 0 aliphatic carbocycles. The zero-order valence-corrected chi connectivity index (χ0v) is 20.0. The molecule has 1 N–H and O–H groups in total. The topological polar surface area (TPSA) is 58.6 Å². The molecule has 0 spiro atoms. The van der Waals surface area contributed by atoms with E-state index in [2.05, 4.69) is 5.32 Å². The highest BCUT2D eigenvalue weighted by molar-refractivity contribution is 6.36. The number of hydrogen-bond acceptors (Lipinski definition) is 3. The minimum Gasteiger partial charge on any atom is -0.484 e. The Labute approximate surface area is 194 Å². The maximum Gasteiger partial charge on any atom is 0.261 e. The van der Waals surface area contributed by atoms with Crippen LogP contribution in [0.25, 0.3) is 0 Å². The molecule has 7 heteroatoms. The average molecular weight is 465 g/mol. The molecule has 0 heterocycles. The summed E-state index contributed by atoms with van der Waals surface area (Å²) in [4.78, 5) is 27.7. The van der Waals surface area contributed by atoms with Crippen LogP contribution >= 0.6 is 23.2 Å². The number of ether oxygens (including phenoxy) is 1. The van der Waals surface area contributed by atoms with Crippen LogP contribution in [-0.4, -0.2) is 35.4 Å². The summed E-state index contributed by atoms with van der Waals surface area (Å²) in [7, 11) is 0. The molecular weight excluding hydrogens is 435 g/mol. The van der Waals surface area contributed by atoms with E-state index in [0.29, 0.717) is 27.8 Å². The number of benzene rings is 2. The lowest BCUT2D eigenvalue weighted by Gasteiger charge is -2.31. The summed E-state index contributed by atoms with van der Waals surface area (Å²) >= 11 is 12.7. The van der Waals surface area contributed by atoms with Gasteiger partial charge in [-0.1, -0.05) is 60.8 Å². The van der Waals surface area contributed by atoms with Crippen LogP contribution in [0.15, 0.2) is 42.5 Å². The molecular formula is C24H30Cl2N2O3. The Kier molecular flexibility index (Phi) is 9.66. The summed E-state index contributed by atoms with van der Waals surface area (Å²) in [5.74, 6) is 0.0678. The van der Waals surface area contributed by atoms with Crippen molar-refractivity contribution in [2.45, 2.75) is 59.2 Å². The summed E-state index contributed by atoms with van der Waals surface area (Å²) in [5, 5.41) is 3.86. The van der Waals surface area contributed by atoms with Crippen LogP contribution < -0.4 is 10.1 Å². The van der Waals surface area contributed by atoms with E-state index in [9.17, 15) is 9.59 Å². The van der Waals surface area contributed by atoms with Crippen LogP contribution in [0.3, 0.4) is 0 Å².